The Kier molecular flexibility index (Phi) is 5.04. The topological polar surface area (TPSA) is 84.5 Å². The van der Waals surface area contributed by atoms with E-state index in [-0.39, 0.29) is 6.54 Å². The standard InChI is InChI=1S/C20H23FN6O2/c1-13-4-3-8-25(11-13)18-19-24-27(20(29)26(19)9-7-22-18)12-17(28)23-15-6-5-14(2)16(21)10-15/h5-7,9-10,13H,3-4,8,11-12H2,1-2H3,(H,23,28)/t13-/m1/s1. The number of anilines is 2. The van der Waals surface area contributed by atoms with Crippen LogP contribution in [0.3, 0.4) is 0 Å². The molecule has 3 aromatic rings. The average molecular weight is 398 g/mol. The maximum Gasteiger partial charge on any atom is 0.350 e. The van der Waals surface area contributed by atoms with Crippen LogP contribution in [0, 0.1) is 18.7 Å². The number of nitrogens with one attached hydrogen (secondary N) is 1. The van der Waals surface area contributed by atoms with Gasteiger partial charge in [-0.2, -0.15) is 0 Å². The van der Waals surface area contributed by atoms with E-state index in [1.165, 1.54) is 16.9 Å². The largest absolute Gasteiger partial charge is 0.353 e. The summed E-state index contributed by atoms with van der Waals surface area (Å²) < 4.78 is 16.2. The van der Waals surface area contributed by atoms with Crippen molar-refractivity contribution in [3.05, 3.63) is 52.5 Å². The van der Waals surface area contributed by atoms with Gasteiger partial charge in [-0.25, -0.2) is 23.3 Å². The zero-order chi connectivity index (χ0) is 20.5. The Morgan fingerprint density at radius 2 is 2.21 bits per heavy atom. The van der Waals surface area contributed by atoms with E-state index in [1.54, 1.807) is 31.5 Å². The molecule has 3 heterocycles. The van der Waals surface area contributed by atoms with Crippen LogP contribution in [0.1, 0.15) is 25.3 Å². The molecule has 8 nitrogen and oxygen atoms in total. The first-order valence-electron chi connectivity index (χ1n) is 9.67. The van der Waals surface area contributed by atoms with Crippen molar-refractivity contribution in [3.8, 4) is 0 Å². The molecule has 1 aliphatic rings. The summed E-state index contributed by atoms with van der Waals surface area (Å²) in [5, 5.41) is 6.95. The van der Waals surface area contributed by atoms with Gasteiger partial charge in [0.15, 0.2) is 5.82 Å². The maximum atomic E-state index is 13.7. The predicted octanol–water partition coefficient (Wildman–Crippen LogP) is 2.21. The van der Waals surface area contributed by atoms with Crippen molar-refractivity contribution in [1.29, 1.82) is 0 Å². The Hall–Kier alpha value is -3.23. The predicted molar refractivity (Wildman–Crippen MR) is 108 cm³/mol. The van der Waals surface area contributed by atoms with Crippen molar-refractivity contribution in [2.75, 3.05) is 23.3 Å². The van der Waals surface area contributed by atoms with Gasteiger partial charge in [-0.15, -0.1) is 5.10 Å². The summed E-state index contributed by atoms with van der Waals surface area (Å²) in [5.74, 6) is 0.329. The average Bonchev–Trinajstić information content (AvgIpc) is 3.00. The molecule has 0 bridgehead atoms. The van der Waals surface area contributed by atoms with Crippen molar-refractivity contribution < 1.29 is 9.18 Å². The minimum absolute atomic E-state index is 0.272. The highest BCUT2D eigenvalue weighted by atomic mass is 19.1. The minimum atomic E-state index is -0.458. The van der Waals surface area contributed by atoms with E-state index in [0.29, 0.717) is 28.6 Å². The van der Waals surface area contributed by atoms with Gasteiger partial charge in [0.05, 0.1) is 0 Å². The number of amides is 1. The van der Waals surface area contributed by atoms with Crippen LogP contribution in [0.5, 0.6) is 0 Å². The highest BCUT2D eigenvalue weighted by Crippen LogP contribution is 2.23. The van der Waals surface area contributed by atoms with E-state index in [4.69, 9.17) is 0 Å². The summed E-state index contributed by atoms with van der Waals surface area (Å²) in [5.41, 5.74) is 0.839. The van der Waals surface area contributed by atoms with Crippen molar-refractivity contribution in [1.82, 2.24) is 19.2 Å². The molecule has 2 aromatic heterocycles. The first kappa shape index (κ1) is 19.1. The smallest absolute Gasteiger partial charge is 0.350 e. The highest BCUT2D eigenvalue weighted by Gasteiger charge is 2.22. The van der Waals surface area contributed by atoms with Crippen molar-refractivity contribution in [2.24, 2.45) is 5.92 Å². The van der Waals surface area contributed by atoms with Gasteiger partial charge in [-0.1, -0.05) is 13.0 Å². The van der Waals surface area contributed by atoms with Crippen molar-refractivity contribution >= 4 is 23.1 Å². The lowest BCUT2D eigenvalue weighted by Gasteiger charge is -2.31. The normalized spacial score (nSPS) is 16.9. The molecule has 0 unspecified atom stereocenters. The number of benzene rings is 1. The van der Waals surface area contributed by atoms with E-state index in [9.17, 15) is 14.0 Å². The molecule has 9 heteroatoms. The van der Waals surface area contributed by atoms with Gasteiger partial charge in [0, 0.05) is 31.2 Å². The minimum Gasteiger partial charge on any atom is -0.353 e. The molecule has 152 valence electrons. The summed E-state index contributed by atoms with van der Waals surface area (Å²) in [6, 6.07) is 4.45. The zero-order valence-corrected chi connectivity index (χ0v) is 16.4. The van der Waals surface area contributed by atoms with Crippen LogP contribution in [-0.4, -0.2) is 38.2 Å². The maximum absolute atomic E-state index is 13.7. The third-order valence-electron chi connectivity index (χ3n) is 5.19. The van der Waals surface area contributed by atoms with Gasteiger partial charge in [0.25, 0.3) is 0 Å². The van der Waals surface area contributed by atoms with Crippen molar-refractivity contribution in [3.63, 3.8) is 0 Å². The van der Waals surface area contributed by atoms with E-state index >= 15 is 0 Å². The number of rotatable bonds is 4. The van der Waals surface area contributed by atoms with E-state index in [0.717, 1.165) is 24.2 Å². The van der Waals surface area contributed by atoms with Crippen LogP contribution < -0.4 is 15.9 Å². The monoisotopic (exact) mass is 398 g/mol. The number of aromatic nitrogens is 4. The fourth-order valence-corrected chi connectivity index (χ4v) is 3.65. The molecule has 29 heavy (non-hydrogen) atoms. The first-order valence-corrected chi connectivity index (χ1v) is 9.67. The molecule has 1 saturated heterocycles. The number of hydrogen-bond acceptors (Lipinski definition) is 5. The second kappa shape index (κ2) is 7.65. The molecule has 1 atom stereocenters. The lowest BCUT2D eigenvalue weighted by Crippen LogP contribution is -2.35. The van der Waals surface area contributed by atoms with Gasteiger partial charge >= 0.3 is 5.69 Å². The van der Waals surface area contributed by atoms with E-state index in [1.807, 2.05) is 0 Å². The number of piperidine rings is 1. The fourth-order valence-electron chi connectivity index (χ4n) is 3.65. The fraction of sp³-hybridized carbons (Fsp3) is 0.400. The molecule has 0 radical (unpaired) electrons. The summed E-state index contributed by atoms with van der Waals surface area (Å²) in [6.07, 6.45) is 5.35. The molecular weight excluding hydrogens is 375 g/mol. The molecule has 1 amide bonds. The Labute approximate surface area is 167 Å². The number of aryl methyl sites for hydroxylation is 1. The molecule has 1 N–H and O–H groups in total. The number of hydrogen-bond donors (Lipinski definition) is 1. The molecule has 1 fully saturated rings. The summed E-state index contributed by atoms with van der Waals surface area (Å²) in [6.45, 7) is 5.28. The Balaban J connectivity index is 1.58. The molecule has 4 rings (SSSR count). The number of halogens is 1. The molecular formula is C20H23FN6O2. The van der Waals surface area contributed by atoms with Crippen LogP contribution >= 0.6 is 0 Å². The van der Waals surface area contributed by atoms with E-state index in [2.05, 4.69) is 27.2 Å². The molecule has 0 spiro atoms. The second-order valence-corrected chi connectivity index (χ2v) is 7.59. The highest BCUT2D eigenvalue weighted by molar-refractivity contribution is 5.90. The van der Waals surface area contributed by atoms with Gasteiger partial charge in [0.2, 0.25) is 11.6 Å². The van der Waals surface area contributed by atoms with Crippen LogP contribution in [0.15, 0.2) is 35.4 Å². The summed E-state index contributed by atoms with van der Waals surface area (Å²) in [7, 11) is 0. The number of nitrogens with zero attached hydrogens (tertiary/aromatic N) is 5. The number of fused-ring (bicyclic) bond motifs is 1. The quantitative estimate of drug-likeness (QED) is 0.728. The third-order valence-corrected chi connectivity index (χ3v) is 5.19. The number of carbonyl (C=O) groups excluding carboxylic acids is 1. The lowest BCUT2D eigenvalue weighted by atomic mass is 10.0. The third kappa shape index (κ3) is 3.85. The van der Waals surface area contributed by atoms with Gasteiger partial charge in [-0.05, 0) is 43.4 Å². The molecule has 0 aliphatic carbocycles. The Morgan fingerprint density at radius 1 is 1.38 bits per heavy atom. The molecule has 1 aromatic carbocycles. The van der Waals surface area contributed by atoms with E-state index < -0.39 is 17.4 Å². The van der Waals surface area contributed by atoms with Crippen LogP contribution in [-0.2, 0) is 11.3 Å². The zero-order valence-electron chi connectivity index (χ0n) is 16.4. The van der Waals surface area contributed by atoms with Gasteiger partial charge < -0.3 is 10.2 Å². The Morgan fingerprint density at radius 3 is 2.97 bits per heavy atom. The summed E-state index contributed by atoms with van der Waals surface area (Å²) in [4.78, 5) is 31.6. The lowest BCUT2D eigenvalue weighted by molar-refractivity contribution is -0.117. The van der Waals surface area contributed by atoms with Crippen LogP contribution in [0.2, 0.25) is 0 Å². The van der Waals surface area contributed by atoms with Gasteiger partial charge in [-0.3, -0.25) is 4.79 Å². The Bertz CT molecular complexity index is 1120. The van der Waals surface area contributed by atoms with Crippen LogP contribution in [0.25, 0.3) is 5.65 Å². The SMILES string of the molecule is Cc1ccc(NC(=O)Cn2nc3c(N4CCC[C@@H](C)C4)nccn3c2=O)cc1F. The van der Waals surface area contributed by atoms with Crippen LogP contribution in [0.4, 0.5) is 15.9 Å². The summed E-state index contributed by atoms with van der Waals surface area (Å²) >= 11 is 0. The first-order chi connectivity index (χ1) is 13.9. The number of carbonyl (C=O) groups is 1. The molecule has 1 aliphatic heterocycles. The second-order valence-electron chi connectivity index (χ2n) is 7.59. The molecule has 0 saturated carbocycles. The van der Waals surface area contributed by atoms with Crippen molar-refractivity contribution in [2.45, 2.75) is 33.2 Å². The van der Waals surface area contributed by atoms with Gasteiger partial charge in [0.1, 0.15) is 12.4 Å².